The molecule has 0 saturated heterocycles. The molecule has 0 aliphatic rings. The van der Waals surface area contributed by atoms with E-state index in [1.165, 1.54) is 37.2 Å². The van der Waals surface area contributed by atoms with E-state index in [-0.39, 0.29) is 30.8 Å². The molecule has 119 heavy (non-hydrogen) atoms. The summed E-state index contributed by atoms with van der Waals surface area (Å²) >= 11 is 12.2. The maximum absolute atomic E-state index is 11.5. The standard InChI is InChI=1S/2C16H15N3O2.2C15H12ClN3O.C15H13N3O3S.5CO2/c1-11-7-13(9-15(8-11)20-2)12-3-5-14(6-4-12)21-16-10-17-19-18-16;1-11-6-13(9-15(7-11)20-2)12-4-3-5-14(8-12)21-16-10-17-19-18-16;1-10-6-12(8-13(16)7-10)11-2-4-14(5-3-11)20-15-9-17-19-18-15;1-10-5-12(7-13(16)6-10)11-3-2-4-14(8-11)20-15-9-17-19-18-15;1-22(19,20)14-7-5-11(6-8-14)12-3-2-4-13(9-12)21-15-10-16-18-17-15;5*2-1-3/h2*3-10H,1-2H3,(H,17,18,19);2*2-9H,1H3,(H,17,18,19);2-10H,1H3,(H,16,17,18);;;;;. The zero-order valence-electron chi connectivity index (χ0n) is 63.6. The van der Waals surface area contributed by atoms with Gasteiger partial charge in [-0.05, 0) is 227 Å². The number of nitrogens with zero attached hydrogens (tertiary/aromatic N) is 10. The third-order valence-corrected chi connectivity index (χ3v) is 16.5. The number of carbonyl (C=O) groups excluding carboxylic acids is 10. The van der Waals surface area contributed by atoms with E-state index in [1.54, 1.807) is 38.5 Å². The highest BCUT2D eigenvalue weighted by Crippen LogP contribution is 2.35. The predicted molar refractivity (Wildman–Crippen MR) is 422 cm³/mol. The highest BCUT2D eigenvalue weighted by atomic mass is 35.5. The van der Waals surface area contributed by atoms with Crippen LogP contribution in [0.5, 0.6) is 69.6 Å². The van der Waals surface area contributed by atoms with Crippen LogP contribution >= 0.6 is 23.2 Å². The molecule has 0 amide bonds. The summed E-state index contributed by atoms with van der Waals surface area (Å²) < 4.78 is 61.4. The summed E-state index contributed by atoms with van der Waals surface area (Å²) in [7, 11) is 0.156. The fourth-order valence-corrected chi connectivity index (χ4v) is 11.4. The van der Waals surface area contributed by atoms with E-state index in [0.717, 1.165) is 99.4 Å². The van der Waals surface area contributed by atoms with Gasteiger partial charge in [0.05, 0.1) is 19.1 Å². The second kappa shape index (κ2) is 49.4. The van der Waals surface area contributed by atoms with Crippen molar-refractivity contribution in [1.29, 1.82) is 0 Å². The zero-order valence-corrected chi connectivity index (χ0v) is 65.9. The number of aromatic nitrogens is 15. The molecule has 0 bridgehead atoms. The van der Waals surface area contributed by atoms with Crippen molar-refractivity contribution in [1.82, 2.24) is 77.1 Å². The van der Waals surface area contributed by atoms with Crippen molar-refractivity contribution in [3.63, 3.8) is 0 Å². The number of ether oxygens (including phenoxy) is 7. The molecule has 0 spiro atoms. The smallest absolute Gasteiger partial charge is 0.373 e. The lowest BCUT2D eigenvalue weighted by molar-refractivity contribution is -0.193. The van der Waals surface area contributed by atoms with Gasteiger partial charge in [0.15, 0.2) is 9.84 Å². The first-order valence-corrected chi connectivity index (χ1v) is 36.5. The fourth-order valence-electron chi connectivity index (χ4n) is 10.2. The number of aryl methyl sites for hydroxylation is 4. The second-order valence-electron chi connectivity index (χ2n) is 23.4. The molecular weight excluding hydrogens is 1600 g/mol. The predicted octanol–water partition coefficient (Wildman–Crippen LogP) is 15.4. The Balaban J connectivity index is 0.000000221. The number of nitrogens with one attached hydrogen (secondary N) is 5. The molecule has 5 heterocycles. The van der Waals surface area contributed by atoms with Crippen LogP contribution in [0.25, 0.3) is 55.6 Å². The Labute approximate surface area is 686 Å². The van der Waals surface area contributed by atoms with Crippen LogP contribution in [0.15, 0.2) is 254 Å². The average Bonchev–Trinajstić information content (AvgIpc) is 1.09. The summed E-state index contributed by atoms with van der Waals surface area (Å²) in [6, 6.07) is 69.5. The van der Waals surface area contributed by atoms with E-state index in [1.807, 2.05) is 198 Å². The van der Waals surface area contributed by atoms with Crippen molar-refractivity contribution in [2.75, 3.05) is 20.5 Å². The molecule has 0 aliphatic carbocycles. The van der Waals surface area contributed by atoms with E-state index < -0.39 is 9.84 Å². The van der Waals surface area contributed by atoms with E-state index >= 15 is 0 Å². The Kier molecular flexibility index (Phi) is 38.1. The van der Waals surface area contributed by atoms with Crippen molar-refractivity contribution in [2.24, 2.45) is 0 Å². The summed E-state index contributed by atoms with van der Waals surface area (Å²) in [4.78, 5) is 81.5. The minimum absolute atomic E-state index is 0.250. The number of hydrogen-bond donors (Lipinski definition) is 5. The number of aromatic amines is 5. The van der Waals surface area contributed by atoms with Crippen LogP contribution in [0.3, 0.4) is 0 Å². The SMILES string of the molecule is COc1cc(C)cc(-c2ccc(Oc3cn[nH]n3)cc2)c1.COc1cc(C)cc(-c2cccc(Oc3cn[nH]n3)c2)c1.CS(=O)(=O)c1ccc(-c2cccc(Oc3cn[nH]n3)c2)cc1.Cc1cc(Cl)cc(-c2ccc(Oc3cn[nH]n3)cc2)c1.Cc1cc(Cl)cc(-c2cccc(Oc3cn[nH]n3)c2)c1.O=C=O.O=C=O.O=C=O.O=C=O.O=C=O. The molecule has 604 valence electrons. The number of benzene rings is 10. The van der Waals surface area contributed by atoms with Crippen LogP contribution < -0.4 is 33.2 Å². The van der Waals surface area contributed by atoms with Crippen molar-refractivity contribution in [3.8, 4) is 125 Å². The summed E-state index contributed by atoms with van der Waals surface area (Å²) in [6.07, 6.45) is 10.0. The largest absolute Gasteiger partial charge is 0.497 e. The number of methoxy groups -OCH3 is 2. The number of rotatable bonds is 18. The van der Waals surface area contributed by atoms with E-state index in [9.17, 15) is 8.42 Å². The van der Waals surface area contributed by atoms with Gasteiger partial charge in [-0.1, -0.05) is 120 Å². The summed E-state index contributed by atoms with van der Waals surface area (Å²) in [6.45, 7) is 8.14. The maximum atomic E-state index is 11.5. The lowest BCUT2D eigenvalue weighted by Gasteiger charge is -2.08. The van der Waals surface area contributed by atoms with Gasteiger partial charge < -0.3 is 33.2 Å². The molecule has 37 heteroatoms. The van der Waals surface area contributed by atoms with Gasteiger partial charge in [-0.2, -0.15) is 99.5 Å². The summed E-state index contributed by atoms with van der Waals surface area (Å²) in [5, 5.41) is 51.7. The molecule has 34 nitrogen and oxygen atoms in total. The molecule has 5 N–H and O–H groups in total. The van der Waals surface area contributed by atoms with Crippen LogP contribution in [0, 0.1) is 27.7 Å². The van der Waals surface area contributed by atoms with Gasteiger partial charge in [0.2, 0.25) is 0 Å². The van der Waals surface area contributed by atoms with Crippen molar-refractivity contribution >= 4 is 63.8 Å². The van der Waals surface area contributed by atoms with Gasteiger partial charge in [0.1, 0.15) is 71.2 Å². The molecule has 5 aromatic heterocycles. The quantitative estimate of drug-likeness (QED) is 0.0532. The third-order valence-electron chi connectivity index (χ3n) is 14.9. The molecular formula is C82H67Cl2N15O19S. The molecule has 15 rings (SSSR count). The van der Waals surface area contributed by atoms with E-state index in [2.05, 4.69) is 101 Å². The first-order chi connectivity index (χ1) is 57.5. The van der Waals surface area contributed by atoms with Crippen LogP contribution in [0.1, 0.15) is 22.3 Å². The molecule has 0 unspecified atom stereocenters. The van der Waals surface area contributed by atoms with Crippen LogP contribution in [-0.2, 0) is 57.8 Å². The number of sulfone groups is 1. The lowest BCUT2D eigenvalue weighted by atomic mass is 10.0. The van der Waals surface area contributed by atoms with Gasteiger partial charge in [-0.15, -0.1) is 25.5 Å². The van der Waals surface area contributed by atoms with Gasteiger partial charge in [0, 0.05) is 16.3 Å². The molecule has 0 radical (unpaired) electrons. The number of H-pyrrole nitrogens is 5. The second-order valence-corrected chi connectivity index (χ2v) is 26.3. The Morgan fingerprint density at radius 2 is 0.513 bits per heavy atom. The molecule has 0 fully saturated rings. The van der Waals surface area contributed by atoms with Crippen molar-refractivity contribution < 1.29 is 89.5 Å². The molecule has 0 saturated carbocycles. The summed E-state index contributed by atoms with van der Waals surface area (Å²) in [5.41, 5.74) is 15.0. The van der Waals surface area contributed by atoms with Gasteiger partial charge in [0.25, 0.3) is 29.4 Å². The Morgan fingerprint density at radius 3 is 0.782 bits per heavy atom. The van der Waals surface area contributed by atoms with Gasteiger partial charge >= 0.3 is 30.8 Å². The highest BCUT2D eigenvalue weighted by Gasteiger charge is 2.12. The van der Waals surface area contributed by atoms with Crippen molar-refractivity contribution in [3.05, 3.63) is 282 Å². The minimum atomic E-state index is -3.19. The Bertz CT molecular complexity index is 5780. The molecule has 0 atom stereocenters. The van der Waals surface area contributed by atoms with E-state index in [4.69, 9.17) is 104 Å². The van der Waals surface area contributed by atoms with Crippen LogP contribution in [-0.4, -0.2) is 137 Å². The van der Waals surface area contributed by atoms with Gasteiger partial charge in [-0.3, -0.25) is 0 Å². The monoisotopic (exact) mass is 1670 g/mol. The van der Waals surface area contributed by atoms with E-state index in [0.29, 0.717) is 63.0 Å². The first kappa shape index (κ1) is 91.8. The fraction of sp³-hybridized carbons (Fsp3) is 0.0854. The Morgan fingerprint density at radius 1 is 0.277 bits per heavy atom. The van der Waals surface area contributed by atoms with Crippen LogP contribution in [0.2, 0.25) is 10.0 Å². The molecule has 15 aromatic rings. The minimum Gasteiger partial charge on any atom is -0.497 e. The third kappa shape index (κ3) is 32.5. The first-order valence-electron chi connectivity index (χ1n) is 33.8. The molecule has 0 aliphatic heterocycles. The zero-order chi connectivity index (χ0) is 86.3. The molecule has 10 aromatic carbocycles. The maximum Gasteiger partial charge on any atom is 0.373 e. The highest BCUT2D eigenvalue weighted by molar-refractivity contribution is 7.90. The topological polar surface area (TPSA) is 477 Å². The van der Waals surface area contributed by atoms with Gasteiger partial charge in [-0.25, -0.2) is 8.42 Å². The Hall–Kier alpha value is -16.1. The number of hydrogen-bond acceptors (Lipinski definition) is 29. The van der Waals surface area contributed by atoms with Crippen LogP contribution in [0.4, 0.5) is 0 Å². The lowest BCUT2D eigenvalue weighted by Crippen LogP contribution is -1.96. The normalized spacial score (nSPS) is 9.62. The summed E-state index contributed by atoms with van der Waals surface area (Å²) in [5.74, 6) is 7.29. The van der Waals surface area contributed by atoms with Crippen molar-refractivity contribution in [2.45, 2.75) is 32.6 Å². The number of halogens is 2. The average molecular weight is 1670 g/mol.